The third-order valence-corrected chi connectivity index (χ3v) is 3.61. The molecule has 6 nitrogen and oxygen atoms in total. The van der Waals surface area contributed by atoms with Crippen LogP contribution in [0.25, 0.3) is 0 Å². The van der Waals surface area contributed by atoms with E-state index in [1.54, 1.807) is 6.08 Å². The summed E-state index contributed by atoms with van der Waals surface area (Å²) < 4.78 is 10.7. The lowest BCUT2D eigenvalue weighted by molar-refractivity contribution is -0.299. The second-order valence-electron chi connectivity index (χ2n) is 5.63. The molecule has 0 aromatic carbocycles. The van der Waals surface area contributed by atoms with Gasteiger partial charge in [-0.1, -0.05) is 29.9 Å². The quantitative estimate of drug-likeness (QED) is 0.499. The lowest BCUT2D eigenvalue weighted by Crippen LogP contribution is -2.59. The Morgan fingerprint density at radius 1 is 1.23 bits per heavy atom. The first-order valence-electron chi connectivity index (χ1n) is 7.19. The van der Waals surface area contributed by atoms with Gasteiger partial charge in [-0.05, 0) is 13.8 Å². The van der Waals surface area contributed by atoms with Crippen LogP contribution in [0.1, 0.15) is 13.8 Å². The summed E-state index contributed by atoms with van der Waals surface area (Å²) in [6, 6.07) is 0. The summed E-state index contributed by atoms with van der Waals surface area (Å²) in [5.74, 6) is 0.0263. The van der Waals surface area contributed by atoms with Gasteiger partial charge in [0, 0.05) is 5.92 Å². The molecule has 0 spiro atoms. The van der Waals surface area contributed by atoms with E-state index in [2.05, 4.69) is 13.2 Å². The minimum absolute atomic E-state index is 0.0263. The van der Waals surface area contributed by atoms with Gasteiger partial charge in [-0.15, -0.1) is 6.58 Å². The number of allylic oxidation sites excluding steroid dienone is 3. The Kier molecular flexibility index (Phi) is 7.41. The average Bonchev–Trinajstić information content (AvgIpc) is 2.49. The zero-order valence-corrected chi connectivity index (χ0v) is 13.1. The maximum Gasteiger partial charge on any atom is 0.187 e. The van der Waals surface area contributed by atoms with Gasteiger partial charge in [-0.3, -0.25) is 0 Å². The highest BCUT2D eigenvalue weighted by Gasteiger charge is 2.43. The Morgan fingerprint density at radius 3 is 2.36 bits per heavy atom. The molecule has 0 radical (unpaired) electrons. The lowest BCUT2D eigenvalue weighted by Gasteiger charge is -2.39. The van der Waals surface area contributed by atoms with E-state index in [1.807, 2.05) is 19.9 Å². The van der Waals surface area contributed by atoms with Gasteiger partial charge < -0.3 is 29.9 Å². The van der Waals surface area contributed by atoms with Crippen LogP contribution in [0.4, 0.5) is 0 Å². The number of hydrogen-bond donors (Lipinski definition) is 4. The summed E-state index contributed by atoms with van der Waals surface area (Å²) in [6.45, 7) is 11.0. The van der Waals surface area contributed by atoms with Gasteiger partial charge in [0.1, 0.15) is 24.4 Å². The monoisotopic (exact) mass is 314 g/mol. The molecule has 0 aromatic heterocycles. The van der Waals surface area contributed by atoms with Crippen molar-refractivity contribution >= 4 is 0 Å². The van der Waals surface area contributed by atoms with E-state index >= 15 is 0 Å². The van der Waals surface area contributed by atoms with Gasteiger partial charge in [0.15, 0.2) is 6.29 Å². The number of hydrogen-bond acceptors (Lipinski definition) is 6. The third kappa shape index (κ3) is 4.74. The van der Waals surface area contributed by atoms with Gasteiger partial charge >= 0.3 is 0 Å². The summed E-state index contributed by atoms with van der Waals surface area (Å²) in [6.07, 6.45) is -2.60. The smallest absolute Gasteiger partial charge is 0.187 e. The molecule has 1 aliphatic heterocycles. The minimum Gasteiger partial charge on any atom is -0.394 e. The fourth-order valence-corrected chi connectivity index (χ4v) is 2.18. The molecule has 0 unspecified atom stereocenters. The van der Waals surface area contributed by atoms with Gasteiger partial charge in [-0.25, -0.2) is 0 Å². The summed E-state index contributed by atoms with van der Waals surface area (Å²) in [5.41, 5.74) is 1.83. The maximum absolute atomic E-state index is 9.86. The predicted molar refractivity (Wildman–Crippen MR) is 82.0 cm³/mol. The van der Waals surface area contributed by atoms with E-state index in [9.17, 15) is 15.3 Å². The summed E-state index contributed by atoms with van der Waals surface area (Å²) >= 11 is 0. The van der Waals surface area contributed by atoms with Crippen LogP contribution in [0.3, 0.4) is 0 Å². The van der Waals surface area contributed by atoms with Crippen LogP contribution < -0.4 is 0 Å². The Balaban J connectivity index is 2.64. The standard InChI is InChI=1S/C16H26O6/c1-5-11(9(2)3)6-10(4)8-21-16-15(20)14(19)13(18)12(7-17)22-16/h5-6,11-20H,1-2,7-8H2,3-4H3/b10-6+/t11-,12+,13+,14-,15+,16+/m0/s1. The largest absolute Gasteiger partial charge is 0.394 e. The van der Waals surface area contributed by atoms with Crippen molar-refractivity contribution in [3.63, 3.8) is 0 Å². The summed E-state index contributed by atoms with van der Waals surface area (Å²) in [4.78, 5) is 0. The first kappa shape index (κ1) is 19.0. The van der Waals surface area contributed by atoms with Crippen LogP contribution in [-0.4, -0.2) is 64.3 Å². The van der Waals surface area contributed by atoms with Crippen molar-refractivity contribution in [2.75, 3.05) is 13.2 Å². The maximum atomic E-state index is 9.86. The van der Waals surface area contributed by atoms with Crippen molar-refractivity contribution < 1.29 is 29.9 Å². The van der Waals surface area contributed by atoms with Crippen LogP contribution in [0.5, 0.6) is 0 Å². The predicted octanol–water partition coefficient (Wildman–Crippen LogP) is 0.127. The van der Waals surface area contributed by atoms with Crippen LogP contribution in [-0.2, 0) is 9.47 Å². The van der Waals surface area contributed by atoms with Crippen molar-refractivity contribution in [2.24, 2.45) is 5.92 Å². The van der Waals surface area contributed by atoms with Crippen molar-refractivity contribution in [3.05, 3.63) is 36.5 Å². The van der Waals surface area contributed by atoms with Gasteiger partial charge in [-0.2, -0.15) is 0 Å². The van der Waals surface area contributed by atoms with Crippen molar-refractivity contribution in [2.45, 2.75) is 44.6 Å². The Hall–Kier alpha value is -1.02. The molecule has 126 valence electrons. The number of ether oxygens (including phenoxy) is 2. The van der Waals surface area contributed by atoms with Crippen LogP contribution in [0.15, 0.2) is 36.5 Å². The molecule has 1 fully saturated rings. The topological polar surface area (TPSA) is 99.4 Å². The SMILES string of the molecule is C=C[C@@H](/C=C(\C)CO[C@@H]1O[C@H](CO)[C@@H](O)[C@H](O)[C@H]1O)C(=C)C. The second-order valence-corrected chi connectivity index (χ2v) is 5.63. The normalized spacial score (nSPS) is 34.3. The van der Waals surface area contributed by atoms with Crippen molar-refractivity contribution in [1.29, 1.82) is 0 Å². The molecule has 0 aromatic rings. The highest BCUT2D eigenvalue weighted by Crippen LogP contribution is 2.22. The lowest BCUT2D eigenvalue weighted by atomic mass is 9.99. The minimum atomic E-state index is -1.43. The first-order chi connectivity index (χ1) is 10.3. The molecule has 1 aliphatic rings. The summed E-state index contributed by atoms with van der Waals surface area (Å²) in [5, 5.41) is 38.3. The second kappa shape index (κ2) is 8.57. The fourth-order valence-electron chi connectivity index (χ4n) is 2.18. The van der Waals surface area contributed by atoms with E-state index in [0.29, 0.717) is 0 Å². The first-order valence-corrected chi connectivity index (χ1v) is 7.19. The molecule has 0 saturated carbocycles. The Labute approximate surface area is 131 Å². The molecule has 22 heavy (non-hydrogen) atoms. The van der Waals surface area contributed by atoms with Gasteiger partial charge in [0.25, 0.3) is 0 Å². The zero-order chi connectivity index (χ0) is 16.9. The van der Waals surface area contributed by atoms with E-state index < -0.39 is 37.3 Å². The average molecular weight is 314 g/mol. The van der Waals surface area contributed by atoms with Gasteiger partial charge in [0.05, 0.1) is 13.2 Å². The molecule has 0 amide bonds. The Morgan fingerprint density at radius 2 is 1.86 bits per heavy atom. The molecule has 0 aliphatic carbocycles. The highest BCUT2D eigenvalue weighted by molar-refractivity contribution is 5.17. The molecule has 1 heterocycles. The number of rotatable bonds is 7. The van der Waals surface area contributed by atoms with E-state index in [1.165, 1.54) is 0 Å². The number of aliphatic hydroxyl groups is 4. The molecule has 6 atom stereocenters. The molecule has 1 saturated heterocycles. The molecule has 1 rings (SSSR count). The third-order valence-electron chi connectivity index (χ3n) is 3.61. The molecule has 4 N–H and O–H groups in total. The van der Waals surface area contributed by atoms with Gasteiger partial charge in [0.2, 0.25) is 0 Å². The fraction of sp³-hybridized carbons (Fsp3) is 0.625. The zero-order valence-electron chi connectivity index (χ0n) is 13.1. The van der Waals surface area contributed by atoms with Crippen LogP contribution in [0, 0.1) is 5.92 Å². The highest BCUT2D eigenvalue weighted by atomic mass is 16.7. The van der Waals surface area contributed by atoms with Crippen LogP contribution in [0.2, 0.25) is 0 Å². The Bertz CT molecular complexity index is 417. The molecule has 6 heteroatoms. The summed E-state index contributed by atoms with van der Waals surface area (Å²) in [7, 11) is 0. The van der Waals surface area contributed by atoms with Crippen LogP contribution >= 0.6 is 0 Å². The van der Waals surface area contributed by atoms with E-state index in [4.69, 9.17) is 14.6 Å². The van der Waals surface area contributed by atoms with Crippen molar-refractivity contribution in [3.8, 4) is 0 Å². The number of aliphatic hydroxyl groups excluding tert-OH is 4. The van der Waals surface area contributed by atoms with E-state index in [0.717, 1.165) is 11.1 Å². The molecular formula is C16H26O6. The van der Waals surface area contributed by atoms with Crippen molar-refractivity contribution in [1.82, 2.24) is 0 Å². The van der Waals surface area contributed by atoms with E-state index in [-0.39, 0.29) is 12.5 Å². The molecule has 0 bridgehead atoms. The molecular weight excluding hydrogens is 288 g/mol.